The molecule has 0 aliphatic heterocycles. The number of amides is 1. The molecule has 1 unspecified atom stereocenters. The van der Waals surface area contributed by atoms with Crippen LogP contribution in [0.4, 0.5) is 5.95 Å². The van der Waals surface area contributed by atoms with E-state index in [1.165, 1.54) is 6.33 Å². The number of anilines is 1. The zero-order valence-corrected chi connectivity index (χ0v) is 13.9. The molecule has 2 aromatic heterocycles. The van der Waals surface area contributed by atoms with E-state index in [-0.39, 0.29) is 17.9 Å². The highest BCUT2D eigenvalue weighted by molar-refractivity contribution is 5.92. The van der Waals surface area contributed by atoms with Gasteiger partial charge in [-0.3, -0.25) is 4.79 Å². The van der Waals surface area contributed by atoms with Gasteiger partial charge in [-0.25, -0.2) is 19.9 Å². The van der Waals surface area contributed by atoms with Gasteiger partial charge in [0.15, 0.2) is 0 Å². The Morgan fingerprint density at radius 1 is 1.30 bits per heavy atom. The maximum absolute atomic E-state index is 12.7. The molecule has 2 aromatic rings. The predicted molar refractivity (Wildman–Crippen MR) is 87.5 cm³/mol. The van der Waals surface area contributed by atoms with E-state index in [1.54, 1.807) is 30.3 Å². The summed E-state index contributed by atoms with van der Waals surface area (Å²) in [6.07, 6.45) is 3.87. The quantitative estimate of drug-likeness (QED) is 0.905. The Hall–Kier alpha value is -2.57. The smallest absolute Gasteiger partial charge is 0.272 e. The second kappa shape index (κ2) is 7.13. The molecular formula is C16H22N6O. The first-order valence-corrected chi connectivity index (χ1v) is 7.55. The second-order valence-corrected chi connectivity index (χ2v) is 5.93. The third-order valence-corrected chi connectivity index (χ3v) is 3.57. The van der Waals surface area contributed by atoms with Crippen molar-refractivity contribution in [3.63, 3.8) is 0 Å². The fourth-order valence-corrected chi connectivity index (χ4v) is 2.25. The molecule has 0 fully saturated rings. The standard InChI is InChI=1S/C16H22N6O/c1-10(2)7-12-8-14(21-16(17)20-12)15(23)22(4)11(3)13-5-6-18-9-19-13/h5-6,8-11H,7H2,1-4H3,(H2,17,20,21). The van der Waals surface area contributed by atoms with Crippen LogP contribution < -0.4 is 5.73 Å². The summed E-state index contributed by atoms with van der Waals surface area (Å²) in [5, 5.41) is 0. The summed E-state index contributed by atoms with van der Waals surface area (Å²) in [5.41, 5.74) is 7.59. The van der Waals surface area contributed by atoms with Crippen LogP contribution in [-0.2, 0) is 6.42 Å². The van der Waals surface area contributed by atoms with Crippen molar-refractivity contribution < 1.29 is 4.79 Å². The molecular weight excluding hydrogens is 292 g/mol. The van der Waals surface area contributed by atoms with Crippen LogP contribution in [-0.4, -0.2) is 37.8 Å². The van der Waals surface area contributed by atoms with Gasteiger partial charge in [0.2, 0.25) is 5.95 Å². The second-order valence-electron chi connectivity index (χ2n) is 5.93. The summed E-state index contributed by atoms with van der Waals surface area (Å²) < 4.78 is 0. The van der Waals surface area contributed by atoms with Crippen LogP contribution in [0, 0.1) is 5.92 Å². The van der Waals surface area contributed by atoms with Gasteiger partial charge < -0.3 is 10.6 Å². The number of hydrogen-bond acceptors (Lipinski definition) is 6. The minimum atomic E-state index is -0.213. The topological polar surface area (TPSA) is 97.9 Å². The maximum atomic E-state index is 12.7. The third kappa shape index (κ3) is 4.21. The molecule has 7 nitrogen and oxygen atoms in total. The first kappa shape index (κ1) is 16.8. The van der Waals surface area contributed by atoms with Crippen molar-refractivity contribution in [1.82, 2.24) is 24.8 Å². The molecule has 2 rings (SSSR count). The minimum Gasteiger partial charge on any atom is -0.368 e. The number of carbonyl (C=O) groups excluding carboxylic acids is 1. The SMILES string of the molecule is CC(C)Cc1cc(C(=O)N(C)C(C)c2ccncn2)nc(N)n1. The van der Waals surface area contributed by atoms with Gasteiger partial charge >= 0.3 is 0 Å². The zero-order chi connectivity index (χ0) is 17.0. The number of nitrogens with zero attached hydrogens (tertiary/aromatic N) is 5. The van der Waals surface area contributed by atoms with Gasteiger partial charge in [-0.15, -0.1) is 0 Å². The largest absolute Gasteiger partial charge is 0.368 e. The Labute approximate surface area is 136 Å². The van der Waals surface area contributed by atoms with Gasteiger partial charge in [0.05, 0.1) is 11.7 Å². The molecule has 0 bridgehead atoms. The van der Waals surface area contributed by atoms with Crippen molar-refractivity contribution in [3.05, 3.63) is 41.7 Å². The zero-order valence-electron chi connectivity index (χ0n) is 13.9. The Balaban J connectivity index is 2.24. The van der Waals surface area contributed by atoms with E-state index >= 15 is 0 Å². The first-order valence-electron chi connectivity index (χ1n) is 7.55. The molecule has 1 atom stereocenters. The molecule has 2 heterocycles. The summed E-state index contributed by atoms with van der Waals surface area (Å²) in [7, 11) is 1.72. The Kier molecular flexibility index (Phi) is 5.20. The first-order chi connectivity index (χ1) is 10.9. The lowest BCUT2D eigenvalue weighted by Crippen LogP contribution is -2.31. The van der Waals surface area contributed by atoms with Crippen molar-refractivity contribution in [2.45, 2.75) is 33.2 Å². The Bertz CT molecular complexity index is 674. The lowest BCUT2D eigenvalue weighted by molar-refractivity contribution is 0.0733. The monoisotopic (exact) mass is 314 g/mol. The van der Waals surface area contributed by atoms with E-state index in [4.69, 9.17) is 5.73 Å². The molecule has 0 aliphatic rings. The fraction of sp³-hybridized carbons (Fsp3) is 0.438. The number of nitrogen functional groups attached to an aromatic ring is 1. The van der Waals surface area contributed by atoms with Crippen molar-refractivity contribution in [1.29, 1.82) is 0 Å². The van der Waals surface area contributed by atoms with Crippen molar-refractivity contribution in [2.75, 3.05) is 12.8 Å². The highest BCUT2D eigenvalue weighted by Crippen LogP contribution is 2.18. The highest BCUT2D eigenvalue weighted by Gasteiger charge is 2.22. The van der Waals surface area contributed by atoms with Crippen LogP contribution in [0.25, 0.3) is 0 Å². The summed E-state index contributed by atoms with van der Waals surface area (Å²) in [6.45, 7) is 6.08. The van der Waals surface area contributed by atoms with Gasteiger partial charge in [0.1, 0.15) is 12.0 Å². The van der Waals surface area contributed by atoms with Gasteiger partial charge in [0.25, 0.3) is 5.91 Å². The van der Waals surface area contributed by atoms with E-state index in [0.29, 0.717) is 11.6 Å². The number of hydrogen-bond donors (Lipinski definition) is 1. The van der Waals surface area contributed by atoms with Crippen LogP contribution in [0.3, 0.4) is 0 Å². The molecule has 0 saturated heterocycles. The van der Waals surface area contributed by atoms with Crippen LogP contribution in [0.15, 0.2) is 24.7 Å². The van der Waals surface area contributed by atoms with Crippen molar-refractivity contribution in [2.24, 2.45) is 5.92 Å². The van der Waals surface area contributed by atoms with Gasteiger partial charge in [0, 0.05) is 18.9 Å². The molecule has 122 valence electrons. The normalized spacial score (nSPS) is 12.2. The number of nitrogens with two attached hydrogens (primary N) is 1. The Morgan fingerprint density at radius 3 is 2.65 bits per heavy atom. The average molecular weight is 314 g/mol. The summed E-state index contributed by atoms with van der Waals surface area (Å²) in [5.74, 6) is 0.328. The van der Waals surface area contributed by atoms with Gasteiger partial charge in [-0.2, -0.15) is 0 Å². The lowest BCUT2D eigenvalue weighted by Gasteiger charge is -2.24. The van der Waals surface area contributed by atoms with E-state index in [2.05, 4.69) is 33.8 Å². The molecule has 0 spiro atoms. The molecule has 0 aliphatic carbocycles. The number of carbonyl (C=O) groups is 1. The number of rotatable bonds is 5. The third-order valence-electron chi connectivity index (χ3n) is 3.57. The summed E-state index contributed by atoms with van der Waals surface area (Å²) >= 11 is 0. The summed E-state index contributed by atoms with van der Waals surface area (Å²) in [6, 6.07) is 3.30. The average Bonchev–Trinajstić information content (AvgIpc) is 2.52. The molecule has 23 heavy (non-hydrogen) atoms. The summed E-state index contributed by atoms with van der Waals surface area (Å²) in [4.78, 5) is 30.6. The van der Waals surface area contributed by atoms with Crippen molar-refractivity contribution in [3.8, 4) is 0 Å². The van der Waals surface area contributed by atoms with E-state index in [1.807, 2.05) is 6.92 Å². The highest BCUT2D eigenvalue weighted by atomic mass is 16.2. The molecule has 1 amide bonds. The molecule has 0 aromatic carbocycles. The molecule has 0 radical (unpaired) electrons. The lowest BCUT2D eigenvalue weighted by atomic mass is 10.1. The fourth-order valence-electron chi connectivity index (χ4n) is 2.25. The van der Waals surface area contributed by atoms with Crippen LogP contribution in [0.1, 0.15) is 48.7 Å². The van der Waals surface area contributed by atoms with E-state index in [0.717, 1.165) is 17.8 Å². The van der Waals surface area contributed by atoms with Crippen LogP contribution in [0.2, 0.25) is 0 Å². The predicted octanol–water partition coefficient (Wildman–Crippen LogP) is 1.88. The molecule has 0 saturated carbocycles. The maximum Gasteiger partial charge on any atom is 0.272 e. The van der Waals surface area contributed by atoms with Crippen LogP contribution >= 0.6 is 0 Å². The number of aromatic nitrogens is 4. The minimum absolute atomic E-state index is 0.120. The van der Waals surface area contributed by atoms with Crippen LogP contribution in [0.5, 0.6) is 0 Å². The molecule has 7 heteroatoms. The van der Waals surface area contributed by atoms with Gasteiger partial charge in [-0.1, -0.05) is 13.8 Å². The van der Waals surface area contributed by atoms with Gasteiger partial charge in [-0.05, 0) is 31.4 Å². The van der Waals surface area contributed by atoms with E-state index < -0.39 is 0 Å². The van der Waals surface area contributed by atoms with E-state index in [9.17, 15) is 4.79 Å². The molecule has 2 N–H and O–H groups in total. The Morgan fingerprint density at radius 2 is 2.04 bits per heavy atom. The van der Waals surface area contributed by atoms with Crippen molar-refractivity contribution >= 4 is 11.9 Å².